The molecule has 2 aromatic carbocycles. The molecule has 0 N–H and O–H groups in total. The van der Waals surface area contributed by atoms with Gasteiger partial charge >= 0.3 is 0 Å². The zero-order valence-corrected chi connectivity index (χ0v) is 16.2. The molecule has 140 valence electrons. The molecule has 0 unspecified atom stereocenters. The van der Waals surface area contributed by atoms with Gasteiger partial charge in [-0.25, -0.2) is 0 Å². The van der Waals surface area contributed by atoms with Crippen LogP contribution in [0.3, 0.4) is 0 Å². The Bertz CT molecular complexity index is 914. The third-order valence-electron chi connectivity index (χ3n) is 5.83. The fraction of sp³-hybridized carbons (Fsp3) is 0.364. The quantitative estimate of drug-likeness (QED) is 0.824. The molecular formula is C22H25N3O2. The molecule has 0 radical (unpaired) electrons. The molecular weight excluding hydrogens is 338 g/mol. The van der Waals surface area contributed by atoms with E-state index in [0.29, 0.717) is 19.5 Å². The summed E-state index contributed by atoms with van der Waals surface area (Å²) in [4.78, 5) is 30.6. The zero-order chi connectivity index (χ0) is 19.1. The number of carbonyl (C=O) groups is 2. The van der Waals surface area contributed by atoms with Crippen molar-refractivity contribution < 1.29 is 9.59 Å². The summed E-state index contributed by atoms with van der Waals surface area (Å²) in [7, 11) is 1.82. The van der Waals surface area contributed by atoms with Gasteiger partial charge in [0.2, 0.25) is 5.91 Å². The highest BCUT2D eigenvalue weighted by Gasteiger charge is 2.26. The topological polar surface area (TPSA) is 43.9 Å². The lowest BCUT2D eigenvalue weighted by Crippen LogP contribution is -2.48. The number of carbonyl (C=O) groups excluding carboxylic acids is 2. The number of benzene rings is 2. The summed E-state index contributed by atoms with van der Waals surface area (Å²) in [5.74, 6) is 0.255. The molecule has 0 spiro atoms. The minimum Gasteiger partial charge on any atom is -0.368 e. The third-order valence-corrected chi connectivity index (χ3v) is 5.83. The van der Waals surface area contributed by atoms with E-state index < -0.39 is 0 Å². The van der Waals surface area contributed by atoms with Crippen molar-refractivity contribution in [3.8, 4) is 0 Å². The number of amides is 2. The van der Waals surface area contributed by atoms with E-state index in [9.17, 15) is 9.59 Å². The maximum absolute atomic E-state index is 12.8. The van der Waals surface area contributed by atoms with Crippen molar-refractivity contribution >= 4 is 23.2 Å². The number of likely N-dealkylation sites (N-methyl/N-ethyl adjacent to an activating group) is 1. The van der Waals surface area contributed by atoms with Gasteiger partial charge in [-0.3, -0.25) is 9.59 Å². The summed E-state index contributed by atoms with van der Waals surface area (Å²) in [6.45, 7) is 7.13. The normalized spacial score (nSPS) is 16.7. The molecule has 2 aromatic rings. The highest BCUT2D eigenvalue weighted by molar-refractivity contribution is 6.01. The lowest BCUT2D eigenvalue weighted by molar-refractivity contribution is -0.117. The zero-order valence-electron chi connectivity index (χ0n) is 16.2. The van der Waals surface area contributed by atoms with Crippen molar-refractivity contribution in [2.24, 2.45) is 0 Å². The fourth-order valence-corrected chi connectivity index (χ4v) is 3.88. The second-order valence-electron chi connectivity index (χ2n) is 7.52. The highest BCUT2D eigenvalue weighted by atomic mass is 16.2. The van der Waals surface area contributed by atoms with Gasteiger partial charge in [-0.2, -0.15) is 0 Å². The first kappa shape index (κ1) is 17.6. The molecule has 0 atom stereocenters. The van der Waals surface area contributed by atoms with E-state index in [4.69, 9.17) is 0 Å². The smallest absolute Gasteiger partial charge is 0.253 e. The molecule has 27 heavy (non-hydrogen) atoms. The Morgan fingerprint density at radius 2 is 1.67 bits per heavy atom. The van der Waals surface area contributed by atoms with Crippen molar-refractivity contribution in [1.82, 2.24) is 4.90 Å². The van der Waals surface area contributed by atoms with Crippen molar-refractivity contribution in [2.75, 3.05) is 43.0 Å². The maximum atomic E-state index is 12.8. The molecule has 0 aliphatic carbocycles. The Morgan fingerprint density at radius 1 is 0.926 bits per heavy atom. The summed E-state index contributed by atoms with van der Waals surface area (Å²) < 4.78 is 0. The molecule has 5 heteroatoms. The van der Waals surface area contributed by atoms with E-state index >= 15 is 0 Å². The van der Waals surface area contributed by atoms with Gasteiger partial charge in [-0.05, 0) is 60.9 Å². The molecule has 0 aromatic heterocycles. The molecule has 4 rings (SSSR count). The third kappa shape index (κ3) is 3.18. The van der Waals surface area contributed by atoms with Crippen molar-refractivity contribution in [3.63, 3.8) is 0 Å². The SMILES string of the molecule is Cc1ccc(C(=O)N2CCN(c3ccc4c(c3)CC(=O)N4C)CC2)cc1C. The van der Waals surface area contributed by atoms with Crippen molar-refractivity contribution in [2.45, 2.75) is 20.3 Å². The van der Waals surface area contributed by atoms with Crippen LogP contribution in [0.15, 0.2) is 36.4 Å². The molecule has 2 amide bonds. The standard InChI is InChI=1S/C22H25N3O2/c1-15-4-5-17(12-16(15)2)22(27)25-10-8-24(9-11-25)19-6-7-20-18(13-19)14-21(26)23(20)3/h4-7,12-13H,8-11,14H2,1-3H3. The average Bonchev–Trinajstić information content (AvgIpc) is 2.97. The van der Waals surface area contributed by atoms with E-state index in [1.54, 1.807) is 4.90 Å². The van der Waals surface area contributed by atoms with Gasteiger partial charge in [0.1, 0.15) is 0 Å². The number of rotatable bonds is 2. The van der Waals surface area contributed by atoms with Crippen LogP contribution in [0.1, 0.15) is 27.0 Å². The van der Waals surface area contributed by atoms with Crippen LogP contribution in [0.4, 0.5) is 11.4 Å². The fourth-order valence-electron chi connectivity index (χ4n) is 3.88. The first-order valence-electron chi connectivity index (χ1n) is 9.45. The average molecular weight is 363 g/mol. The number of piperazine rings is 1. The van der Waals surface area contributed by atoms with Gasteiger partial charge in [0.05, 0.1) is 6.42 Å². The number of fused-ring (bicyclic) bond motifs is 1. The second kappa shape index (κ2) is 6.72. The van der Waals surface area contributed by atoms with E-state index in [0.717, 1.165) is 41.2 Å². The first-order valence-corrected chi connectivity index (χ1v) is 9.45. The Labute approximate surface area is 160 Å². The van der Waals surface area contributed by atoms with Gasteiger partial charge in [-0.15, -0.1) is 0 Å². The largest absolute Gasteiger partial charge is 0.368 e. The molecule has 2 heterocycles. The minimum atomic E-state index is 0.110. The van der Waals surface area contributed by atoms with Crippen LogP contribution in [0.5, 0.6) is 0 Å². The van der Waals surface area contributed by atoms with Crippen LogP contribution in [0, 0.1) is 13.8 Å². The molecule has 1 fully saturated rings. The van der Waals surface area contributed by atoms with Crippen LogP contribution < -0.4 is 9.80 Å². The minimum absolute atomic E-state index is 0.110. The second-order valence-corrected chi connectivity index (χ2v) is 7.52. The van der Waals surface area contributed by atoms with Crippen LogP contribution in [-0.4, -0.2) is 49.9 Å². The maximum Gasteiger partial charge on any atom is 0.253 e. The summed E-state index contributed by atoms with van der Waals surface area (Å²) >= 11 is 0. The van der Waals surface area contributed by atoms with E-state index in [1.807, 2.05) is 43.1 Å². The lowest BCUT2D eigenvalue weighted by Gasteiger charge is -2.36. The molecule has 0 saturated carbocycles. The molecule has 2 aliphatic rings. The summed E-state index contributed by atoms with van der Waals surface area (Å²) in [5, 5.41) is 0. The number of hydrogen-bond acceptors (Lipinski definition) is 3. The number of hydrogen-bond donors (Lipinski definition) is 0. The Balaban J connectivity index is 1.43. The lowest BCUT2D eigenvalue weighted by atomic mass is 10.1. The van der Waals surface area contributed by atoms with Crippen LogP contribution in [-0.2, 0) is 11.2 Å². The van der Waals surface area contributed by atoms with Gasteiger partial charge in [0.15, 0.2) is 0 Å². The van der Waals surface area contributed by atoms with E-state index in [-0.39, 0.29) is 11.8 Å². The predicted octanol–water partition coefficient (Wildman–Crippen LogP) is 2.78. The Kier molecular flexibility index (Phi) is 4.38. The Morgan fingerprint density at radius 3 is 2.37 bits per heavy atom. The Hall–Kier alpha value is -2.82. The summed E-state index contributed by atoms with van der Waals surface area (Å²) in [6, 6.07) is 12.2. The van der Waals surface area contributed by atoms with Crippen molar-refractivity contribution in [1.29, 1.82) is 0 Å². The van der Waals surface area contributed by atoms with Gasteiger partial charge < -0.3 is 14.7 Å². The van der Waals surface area contributed by atoms with Gasteiger partial charge in [-0.1, -0.05) is 6.07 Å². The molecule has 5 nitrogen and oxygen atoms in total. The van der Waals surface area contributed by atoms with Gasteiger partial charge in [0.25, 0.3) is 5.91 Å². The first-order chi connectivity index (χ1) is 12.9. The summed E-state index contributed by atoms with van der Waals surface area (Å²) in [6.07, 6.45) is 0.477. The van der Waals surface area contributed by atoms with Crippen molar-refractivity contribution in [3.05, 3.63) is 58.7 Å². The number of anilines is 2. The highest BCUT2D eigenvalue weighted by Crippen LogP contribution is 2.31. The van der Waals surface area contributed by atoms with E-state index in [2.05, 4.69) is 24.0 Å². The van der Waals surface area contributed by atoms with Crippen LogP contribution in [0.2, 0.25) is 0 Å². The van der Waals surface area contributed by atoms with Gasteiger partial charge in [0, 0.05) is 50.2 Å². The molecule has 2 aliphatic heterocycles. The number of aryl methyl sites for hydroxylation is 2. The van der Waals surface area contributed by atoms with Crippen LogP contribution >= 0.6 is 0 Å². The molecule has 0 bridgehead atoms. The number of nitrogens with zero attached hydrogens (tertiary/aromatic N) is 3. The monoisotopic (exact) mass is 363 g/mol. The van der Waals surface area contributed by atoms with Crippen LogP contribution in [0.25, 0.3) is 0 Å². The molecule has 1 saturated heterocycles. The predicted molar refractivity (Wildman–Crippen MR) is 108 cm³/mol. The van der Waals surface area contributed by atoms with E-state index in [1.165, 1.54) is 5.56 Å². The summed E-state index contributed by atoms with van der Waals surface area (Å²) in [5.41, 5.74) is 6.36.